The Bertz CT molecular complexity index is 1620. The second kappa shape index (κ2) is 52.1. The van der Waals surface area contributed by atoms with Gasteiger partial charge in [-0.05, 0) is 96.0 Å². The Balaban J connectivity index is 5.32. The number of nitrogens with zero attached hydrogens (tertiary/aromatic N) is 1. The lowest BCUT2D eigenvalue weighted by atomic mass is 10.1. The molecule has 10 heteroatoms. The number of carbonyl (C=O) groups excluding carboxylic acids is 2. The Morgan fingerprint density at radius 3 is 1.47 bits per heavy atom. The minimum Gasteiger partial charge on any atom is -0.456 e. The van der Waals surface area contributed by atoms with Crippen molar-refractivity contribution < 1.29 is 37.3 Å². The van der Waals surface area contributed by atoms with Crippen LogP contribution in [0.5, 0.6) is 0 Å². The van der Waals surface area contributed by atoms with Crippen molar-refractivity contribution in [1.82, 2.24) is 5.32 Å². The van der Waals surface area contributed by atoms with E-state index in [0.29, 0.717) is 23.9 Å². The zero-order chi connectivity index (χ0) is 53.6. The highest BCUT2D eigenvalue weighted by Crippen LogP contribution is 2.43. The number of hydrogen-bond donors (Lipinski definition) is 2. The number of quaternary nitrogens is 1. The van der Waals surface area contributed by atoms with Crippen molar-refractivity contribution in [3.8, 4) is 0 Å². The first-order valence-corrected chi connectivity index (χ1v) is 30.7. The molecule has 0 aromatic carbocycles. The fourth-order valence-electron chi connectivity index (χ4n) is 7.79. The number of rotatable bonds is 51. The molecule has 0 fully saturated rings. The van der Waals surface area contributed by atoms with Gasteiger partial charge in [-0.1, -0.05) is 227 Å². The molecule has 0 spiro atoms. The van der Waals surface area contributed by atoms with Crippen LogP contribution in [0, 0.1) is 0 Å². The number of esters is 1. The van der Waals surface area contributed by atoms with E-state index in [1.807, 2.05) is 33.3 Å². The molecule has 73 heavy (non-hydrogen) atoms. The van der Waals surface area contributed by atoms with Crippen LogP contribution in [0.15, 0.2) is 109 Å². The number of phosphoric acid groups is 1. The van der Waals surface area contributed by atoms with Gasteiger partial charge in [-0.3, -0.25) is 18.6 Å². The largest absolute Gasteiger partial charge is 0.472 e. The molecule has 2 N–H and O–H groups in total. The van der Waals surface area contributed by atoms with Gasteiger partial charge in [0, 0.05) is 12.8 Å². The number of amides is 1. The molecule has 0 saturated heterocycles. The number of carbonyl (C=O) groups is 2. The second-order valence-electron chi connectivity index (χ2n) is 20.5. The van der Waals surface area contributed by atoms with Crippen LogP contribution >= 0.6 is 7.82 Å². The van der Waals surface area contributed by atoms with E-state index < -0.39 is 20.0 Å². The van der Waals surface area contributed by atoms with Gasteiger partial charge in [0.1, 0.15) is 19.3 Å². The third-order valence-corrected chi connectivity index (χ3v) is 13.3. The van der Waals surface area contributed by atoms with Crippen molar-refractivity contribution in [2.45, 2.75) is 238 Å². The summed E-state index contributed by atoms with van der Waals surface area (Å²) in [6.45, 7) is 6.72. The first kappa shape index (κ1) is 69.7. The summed E-state index contributed by atoms with van der Waals surface area (Å²) in [6.07, 6.45) is 70.8. The normalized spacial score (nSPS) is 14.6. The van der Waals surface area contributed by atoms with Crippen molar-refractivity contribution in [2.75, 3.05) is 40.9 Å². The Morgan fingerprint density at radius 2 is 0.945 bits per heavy atom. The van der Waals surface area contributed by atoms with E-state index in [0.717, 1.165) is 122 Å². The molecule has 3 unspecified atom stereocenters. The Labute approximate surface area is 449 Å². The van der Waals surface area contributed by atoms with Gasteiger partial charge in [0.05, 0.1) is 33.8 Å². The molecule has 9 nitrogen and oxygen atoms in total. The summed E-state index contributed by atoms with van der Waals surface area (Å²) in [6, 6.07) is -0.869. The topological polar surface area (TPSA) is 111 Å². The van der Waals surface area contributed by atoms with Gasteiger partial charge in [0.2, 0.25) is 5.91 Å². The van der Waals surface area contributed by atoms with Crippen LogP contribution in [-0.2, 0) is 27.9 Å². The molecule has 0 bridgehead atoms. The average Bonchev–Trinajstić information content (AvgIpc) is 3.35. The number of hydrogen-bond acceptors (Lipinski definition) is 6. The molecule has 0 aliphatic rings. The number of unbranched alkanes of at least 4 members (excludes halogenated alkanes) is 21. The summed E-state index contributed by atoms with van der Waals surface area (Å²) < 4.78 is 30.6. The van der Waals surface area contributed by atoms with Gasteiger partial charge in [0.25, 0.3) is 0 Å². The van der Waals surface area contributed by atoms with E-state index >= 15 is 0 Å². The zero-order valence-electron chi connectivity index (χ0n) is 47.6. The quantitative estimate of drug-likeness (QED) is 0.0156. The Hall–Kier alpha value is -3.33. The van der Waals surface area contributed by atoms with Crippen molar-refractivity contribution in [3.63, 3.8) is 0 Å². The summed E-state index contributed by atoms with van der Waals surface area (Å²) in [7, 11) is 1.46. The fraction of sp³-hybridized carbons (Fsp3) is 0.683. The van der Waals surface area contributed by atoms with Crippen LogP contribution in [-0.4, -0.2) is 74.3 Å². The van der Waals surface area contributed by atoms with Crippen LogP contribution in [0.3, 0.4) is 0 Å². The molecular formula is C63H110N2O7P+. The number of ether oxygens (including phenoxy) is 1. The lowest BCUT2D eigenvalue weighted by Crippen LogP contribution is -2.47. The van der Waals surface area contributed by atoms with E-state index in [2.05, 4.69) is 123 Å². The highest BCUT2D eigenvalue weighted by atomic mass is 31.2. The third kappa shape index (κ3) is 53.3. The van der Waals surface area contributed by atoms with Crippen molar-refractivity contribution in [2.24, 2.45) is 0 Å². The van der Waals surface area contributed by atoms with Gasteiger partial charge in [0.15, 0.2) is 0 Å². The summed E-state index contributed by atoms with van der Waals surface area (Å²) >= 11 is 0. The van der Waals surface area contributed by atoms with E-state index in [-0.39, 0.29) is 31.5 Å². The SMILES string of the molecule is CC/C=C\C/C=C\C/C=C\C/C=C\C/C=C\CCCCCCCC(=O)OC(/C=C\CCCCCCCCCCC)C(COP(=O)(O)OCC[N+](C)(C)C)NC(=O)CCCCCCCCC/C=C/C=C/C=C/CC. The average molecular weight is 1040 g/mol. The van der Waals surface area contributed by atoms with Crippen molar-refractivity contribution in [3.05, 3.63) is 109 Å². The standard InChI is InChI=1S/C63H109N2O7P/c1-7-10-13-16-19-22-25-27-29-30-31-32-33-34-36-38-41-44-47-50-53-56-63(67)72-61(54-51-48-45-42-39-24-21-18-15-12-9-3)60(59-71-73(68,69)70-58-57-65(4,5)6)64-62(66)55-52-49-46-43-40-37-35-28-26-23-20-17-14-11-8-2/h10-11,13-14,17,19-20,22-23,26-27,29,31-32,34,36,51,54,60-61H,7-9,12,15-16,18,21,24-25,28,30,33,35,37-50,52-53,55-59H2,1-6H3,(H-,64,66,68,69)/p+1/b13-10-,14-11+,20-17+,22-19-,26-23+,29-27-,32-31-,36-34-,54-51-. The molecule has 0 aromatic heterocycles. The summed E-state index contributed by atoms with van der Waals surface area (Å²) in [4.78, 5) is 37.6. The van der Waals surface area contributed by atoms with E-state index in [4.69, 9.17) is 13.8 Å². The predicted molar refractivity (Wildman–Crippen MR) is 313 cm³/mol. The Kier molecular flexibility index (Phi) is 49.7. The molecule has 0 aliphatic heterocycles. The summed E-state index contributed by atoms with van der Waals surface area (Å²) in [5, 5.41) is 3.03. The second-order valence-corrected chi connectivity index (χ2v) is 21.9. The van der Waals surface area contributed by atoms with Crippen LogP contribution in [0.2, 0.25) is 0 Å². The molecule has 0 aliphatic carbocycles. The molecule has 3 atom stereocenters. The minimum absolute atomic E-state index is 0.0284. The molecule has 0 radical (unpaired) electrons. The third-order valence-electron chi connectivity index (χ3n) is 12.3. The smallest absolute Gasteiger partial charge is 0.456 e. The molecule has 1 amide bonds. The lowest BCUT2D eigenvalue weighted by Gasteiger charge is -2.27. The van der Waals surface area contributed by atoms with Crippen molar-refractivity contribution in [1.29, 1.82) is 0 Å². The first-order chi connectivity index (χ1) is 35.4. The van der Waals surface area contributed by atoms with Crippen LogP contribution in [0.1, 0.15) is 226 Å². The number of nitrogens with one attached hydrogen (secondary N) is 1. The Morgan fingerprint density at radius 1 is 0.507 bits per heavy atom. The van der Waals surface area contributed by atoms with Gasteiger partial charge < -0.3 is 19.4 Å². The predicted octanol–water partition coefficient (Wildman–Crippen LogP) is 17.8. The van der Waals surface area contributed by atoms with Gasteiger partial charge in [-0.15, -0.1) is 0 Å². The van der Waals surface area contributed by atoms with Crippen molar-refractivity contribution >= 4 is 19.7 Å². The monoisotopic (exact) mass is 1040 g/mol. The van der Waals surface area contributed by atoms with E-state index in [9.17, 15) is 19.0 Å². The molecule has 0 heterocycles. The molecule has 0 rings (SSSR count). The number of likely N-dealkylation sites (N-methyl/N-ethyl adjacent to an activating group) is 1. The molecule has 418 valence electrons. The molecular weight excluding hydrogens is 928 g/mol. The summed E-state index contributed by atoms with van der Waals surface area (Å²) in [5.74, 6) is -0.550. The number of allylic oxidation sites excluding steroid dienone is 17. The number of phosphoric ester groups is 1. The fourth-order valence-corrected chi connectivity index (χ4v) is 8.52. The highest BCUT2D eigenvalue weighted by molar-refractivity contribution is 7.47. The minimum atomic E-state index is -4.46. The van der Waals surface area contributed by atoms with E-state index in [1.54, 1.807) is 0 Å². The van der Waals surface area contributed by atoms with Crippen LogP contribution in [0.25, 0.3) is 0 Å². The van der Waals surface area contributed by atoms with Gasteiger partial charge in [-0.2, -0.15) is 0 Å². The summed E-state index contributed by atoms with van der Waals surface area (Å²) in [5.41, 5.74) is 0. The molecule has 0 saturated carbocycles. The highest BCUT2D eigenvalue weighted by Gasteiger charge is 2.30. The zero-order valence-corrected chi connectivity index (χ0v) is 48.5. The van der Waals surface area contributed by atoms with Crippen LogP contribution in [0.4, 0.5) is 0 Å². The lowest BCUT2D eigenvalue weighted by molar-refractivity contribution is -0.870. The maximum atomic E-state index is 13.5. The van der Waals surface area contributed by atoms with Gasteiger partial charge >= 0.3 is 13.8 Å². The van der Waals surface area contributed by atoms with E-state index in [1.165, 1.54) is 64.2 Å². The molecule has 0 aromatic rings. The van der Waals surface area contributed by atoms with Gasteiger partial charge in [-0.25, -0.2) is 4.57 Å². The van der Waals surface area contributed by atoms with Crippen LogP contribution < -0.4 is 5.32 Å². The maximum Gasteiger partial charge on any atom is 0.472 e. The first-order valence-electron chi connectivity index (χ1n) is 29.2. The maximum absolute atomic E-state index is 13.5.